The smallest absolute Gasteiger partial charge is 0.251 e. The molecular formula is C18H20FN3O2. The van der Waals surface area contributed by atoms with Crippen molar-refractivity contribution in [3.05, 3.63) is 65.5 Å². The second-order valence-corrected chi connectivity index (χ2v) is 5.47. The molecule has 5 nitrogen and oxygen atoms in total. The second-order valence-electron chi connectivity index (χ2n) is 5.47. The number of benzene rings is 2. The third-order valence-corrected chi connectivity index (χ3v) is 3.45. The number of hydrogen-bond acceptors (Lipinski definition) is 3. The van der Waals surface area contributed by atoms with Crippen molar-refractivity contribution < 1.29 is 14.0 Å². The Bertz CT molecular complexity index is 734. The fraction of sp³-hybridized carbons (Fsp3) is 0.222. The fourth-order valence-electron chi connectivity index (χ4n) is 2.30. The number of nitrogens with one attached hydrogen (secondary N) is 2. The molecule has 6 heteroatoms. The predicted octanol–water partition coefficient (Wildman–Crippen LogP) is 2.26. The summed E-state index contributed by atoms with van der Waals surface area (Å²) in [5, 5.41) is 5.27. The van der Waals surface area contributed by atoms with E-state index < -0.39 is 0 Å². The monoisotopic (exact) mass is 329 g/mol. The SMILES string of the molecule is CNC(=O)c1cccc(NC(=O)CN(C)Cc2ccccc2F)c1. The lowest BCUT2D eigenvalue weighted by atomic mass is 10.2. The Labute approximate surface area is 140 Å². The fourth-order valence-corrected chi connectivity index (χ4v) is 2.30. The zero-order valence-electron chi connectivity index (χ0n) is 13.7. The van der Waals surface area contributed by atoms with Crippen molar-refractivity contribution in [1.82, 2.24) is 10.2 Å². The predicted molar refractivity (Wildman–Crippen MR) is 91.2 cm³/mol. The summed E-state index contributed by atoms with van der Waals surface area (Å²) in [5.41, 5.74) is 1.55. The van der Waals surface area contributed by atoms with Crippen LogP contribution in [0.25, 0.3) is 0 Å². The van der Waals surface area contributed by atoms with Gasteiger partial charge in [-0.05, 0) is 31.3 Å². The average Bonchev–Trinajstić information content (AvgIpc) is 2.56. The van der Waals surface area contributed by atoms with Gasteiger partial charge in [-0.25, -0.2) is 4.39 Å². The lowest BCUT2D eigenvalue weighted by Gasteiger charge is -2.17. The Kier molecular flexibility index (Phi) is 6.03. The van der Waals surface area contributed by atoms with Crippen LogP contribution in [0.3, 0.4) is 0 Å². The zero-order valence-corrected chi connectivity index (χ0v) is 13.7. The summed E-state index contributed by atoms with van der Waals surface area (Å²) in [6.45, 7) is 0.441. The number of likely N-dealkylation sites (N-methyl/N-ethyl adjacent to an activating group) is 1. The number of halogens is 1. The summed E-state index contributed by atoms with van der Waals surface area (Å²) in [7, 11) is 3.29. The molecule has 0 aromatic heterocycles. The Morgan fingerprint density at radius 1 is 1.12 bits per heavy atom. The first kappa shape index (κ1) is 17.6. The quantitative estimate of drug-likeness (QED) is 0.854. The number of amides is 2. The van der Waals surface area contributed by atoms with Gasteiger partial charge in [-0.1, -0.05) is 24.3 Å². The molecule has 0 saturated carbocycles. The van der Waals surface area contributed by atoms with E-state index in [2.05, 4.69) is 10.6 Å². The number of hydrogen-bond donors (Lipinski definition) is 2. The Balaban J connectivity index is 1.93. The lowest BCUT2D eigenvalue weighted by Crippen LogP contribution is -2.30. The third kappa shape index (κ3) is 4.89. The third-order valence-electron chi connectivity index (χ3n) is 3.45. The van der Waals surface area contributed by atoms with E-state index in [1.165, 1.54) is 6.07 Å². The van der Waals surface area contributed by atoms with Gasteiger partial charge < -0.3 is 10.6 Å². The minimum Gasteiger partial charge on any atom is -0.355 e. The van der Waals surface area contributed by atoms with Crippen molar-refractivity contribution in [1.29, 1.82) is 0 Å². The topological polar surface area (TPSA) is 61.4 Å². The summed E-state index contributed by atoms with van der Waals surface area (Å²) in [5.74, 6) is -0.742. The molecule has 2 amide bonds. The van der Waals surface area contributed by atoms with Crippen LogP contribution in [-0.2, 0) is 11.3 Å². The molecule has 0 aliphatic heterocycles. The minimum atomic E-state index is -0.289. The molecule has 0 spiro atoms. The molecule has 0 aliphatic carbocycles. The number of carbonyl (C=O) groups excluding carboxylic acids is 2. The van der Waals surface area contributed by atoms with E-state index in [-0.39, 0.29) is 24.2 Å². The minimum absolute atomic E-state index is 0.110. The van der Waals surface area contributed by atoms with Gasteiger partial charge in [-0.3, -0.25) is 14.5 Å². The Morgan fingerprint density at radius 2 is 1.88 bits per heavy atom. The highest BCUT2D eigenvalue weighted by Crippen LogP contribution is 2.12. The van der Waals surface area contributed by atoms with Gasteiger partial charge in [0.2, 0.25) is 5.91 Å². The molecule has 2 aromatic carbocycles. The molecule has 0 bridgehead atoms. The van der Waals surface area contributed by atoms with Gasteiger partial charge >= 0.3 is 0 Å². The van der Waals surface area contributed by atoms with E-state index in [9.17, 15) is 14.0 Å². The highest BCUT2D eigenvalue weighted by molar-refractivity contribution is 5.97. The molecule has 0 atom stereocenters. The summed E-state index contributed by atoms with van der Waals surface area (Å²) in [6, 6.07) is 13.2. The Morgan fingerprint density at radius 3 is 2.58 bits per heavy atom. The maximum atomic E-state index is 13.6. The molecule has 126 valence electrons. The van der Waals surface area contributed by atoms with Crippen LogP contribution in [0.4, 0.5) is 10.1 Å². The lowest BCUT2D eigenvalue weighted by molar-refractivity contribution is -0.117. The van der Waals surface area contributed by atoms with E-state index in [1.807, 2.05) is 0 Å². The second kappa shape index (κ2) is 8.21. The first-order chi connectivity index (χ1) is 11.5. The van der Waals surface area contributed by atoms with Crippen molar-refractivity contribution in [3.63, 3.8) is 0 Å². The molecule has 0 radical (unpaired) electrons. The Hall–Kier alpha value is -2.73. The molecule has 0 saturated heterocycles. The van der Waals surface area contributed by atoms with Crippen LogP contribution in [0.15, 0.2) is 48.5 Å². The first-order valence-corrected chi connectivity index (χ1v) is 7.53. The molecule has 2 N–H and O–H groups in total. The van der Waals surface area contributed by atoms with E-state index in [0.29, 0.717) is 23.4 Å². The molecule has 0 aliphatic rings. The molecule has 2 aromatic rings. The highest BCUT2D eigenvalue weighted by atomic mass is 19.1. The van der Waals surface area contributed by atoms with Crippen LogP contribution in [0.2, 0.25) is 0 Å². The molecule has 24 heavy (non-hydrogen) atoms. The van der Waals surface area contributed by atoms with E-state index in [0.717, 1.165) is 0 Å². The molecule has 0 fully saturated rings. The number of carbonyl (C=O) groups is 2. The van der Waals surface area contributed by atoms with Gasteiger partial charge in [0.25, 0.3) is 5.91 Å². The highest BCUT2D eigenvalue weighted by Gasteiger charge is 2.11. The van der Waals surface area contributed by atoms with Gasteiger partial charge in [0, 0.05) is 30.4 Å². The normalized spacial score (nSPS) is 10.5. The maximum Gasteiger partial charge on any atom is 0.251 e. The number of rotatable bonds is 6. The van der Waals surface area contributed by atoms with Crippen molar-refractivity contribution in [2.24, 2.45) is 0 Å². The van der Waals surface area contributed by atoms with Gasteiger partial charge in [-0.2, -0.15) is 0 Å². The zero-order chi connectivity index (χ0) is 17.5. The van der Waals surface area contributed by atoms with Crippen LogP contribution >= 0.6 is 0 Å². The summed E-state index contributed by atoms with van der Waals surface area (Å²) >= 11 is 0. The van der Waals surface area contributed by atoms with Crippen molar-refractivity contribution in [2.45, 2.75) is 6.54 Å². The maximum absolute atomic E-state index is 13.6. The van der Waals surface area contributed by atoms with E-state index in [4.69, 9.17) is 0 Å². The number of anilines is 1. The standard InChI is InChI=1S/C18H20FN3O2/c1-20-18(24)13-7-5-8-15(10-13)21-17(23)12-22(2)11-14-6-3-4-9-16(14)19/h3-10H,11-12H2,1-2H3,(H,20,24)(H,21,23). The molecule has 2 rings (SSSR count). The van der Waals surface area contributed by atoms with Crippen LogP contribution in [0.1, 0.15) is 15.9 Å². The summed E-state index contributed by atoms with van der Waals surface area (Å²) in [6.07, 6.45) is 0. The van der Waals surface area contributed by atoms with Crippen LogP contribution < -0.4 is 10.6 Å². The van der Waals surface area contributed by atoms with Crippen molar-refractivity contribution in [2.75, 3.05) is 26.0 Å². The summed E-state index contributed by atoms with van der Waals surface area (Å²) in [4.78, 5) is 25.4. The van der Waals surface area contributed by atoms with Crippen molar-refractivity contribution >= 4 is 17.5 Å². The van der Waals surface area contributed by atoms with E-state index >= 15 is 0 Å². The molecule has 0 unspecified atom stereocenters. The first-order valence-electron chi connectivity index (χ1n) is 7.53. The van der Waals surface area contributed by atoms with Gasteiger partial charge in [-0.15, -0.1) is 0 Å². The van der Waals surface area contributed by atoms with Crippen LogP contribution in [-0.4, -0.2) is 37.4 Å². The summed E-state index contributed by atoms with van der Waals surface area (Å²) < 4.78 is 13.6. The van der Waals surface area contributed by atoms with Gasteiger partial charge in [0.1, 0.15) is 5.82 Å². The number of nitrogens with zero attached hydrogens (tertiary/aromatic N) is 1. The average molecular weight is 329 g/mol. The van der Waals surface area contributed by atoms with Crippen LogP contribution in [0.5, 0.6) is 0 Å². The van der Waals surface area contributed by atoms with Crippen LogP contribution in [0, 0.1) is 5.82 Å². The largest absolute Gasteiger partial charge is 0.355 e. The van der Waals surface area contributed by atoms with E-state index in [1.54, 1.807) is 61.5 Å². The van der Waals surface area contributed by atoms with Crippen molar-refractivity contribution in [3.8, 4) is 0 Å². The van der Waals surface area contributed by atoms with Gasteiger partial charge in [0.15, 0.2) is 0 Å². The van der Waals surface area contributed by atoms with Gasteiger partial charge in [0.05, 0.1) is 6.54 Å². The molecule has 0 heterocycles. The molecular weight excluding hydrogens is 309 g/mol.